The molecular formula is C14H23N3S. The number of hydrogen-bond donors (Lipinski definition) is 1. The summed E-state index contributed by atoms with van der Waals surface area (Å²) in [6.07, 6.45) is 7.85. The fourth-order valence-electron chi connectivity index (χ4n) is 2.32. The van der Waals surface area contributed by atoms with E-state index in [1.165, 1.54) is 31.6 Å². The molecular weight excluding hydrogens is 242 g/mol. The Hall–Kier alpha value is -0.900. The van der Waals surface area contributed by atoms with Gasteiger partial charge >= 0.3 is 0 Å². The highest BCUT2D eigenvalue weighted by molar-refractivity contribution is 7.99. The van der Waals surface area contributed by atoms with E-state index in [0.29, 0.717) is 0 Å². The van der Waals surface area contributed by atoms with Crippen LogP contribution in [0.5, 0.6) is 0 Å². The highest BCUT2D eigenvalue weighted by Crippen LogP contribution is 2.26. The van der Waals surface area contributed by atoms with Crippen LogP contribution >= 0.6 is 11.8 Å². The van der Waals surface area contributed by atoms with Gasteiger partial charge in [-0.2, -0.15) is 11.8 Å². The molecule has 4 heteroatoms. The summed E-state index contributed by atoms with van der Waals surface area (Å²) in [6, 6.07) is 4.30. The van der Waals surface area contributed by atoms with E-state index in [0.717, 1.165) is 24.0 Å². The first kappa shape index (κ1) is 13.5. The lowest BCUT2D eigenvalue weighted by Gasteiger charge is -2.33. The predicted octanol–water partition coefficient (Wildman–Crippen LogP) is 3.24. The summed E-state index contributed by atoms with van der Waals surface area (Å²) in [5.74, 6) is 1.00. The van der Waals surface area contributed by atoms with Gasteiger partial charge in [0.2, 0.25) is 0 Å². The van der Waals surface area contributed by atoms with Crippen molar-refractivity contribution in [3.05, 3.63) is 18.3 Å². The molecule has 0 aliphatic carbocycles. The van der Waals surface area contributed by atoms with Crippen molar-refractivity contribution >= 4 is 23.3 Å². The molecule has 2 rings (SSSR count). The molecule has 1 N–H and O–H groups in total. The number of aromatic nitrogens is 1. The zero-order valence-electron chi connectivity index (χ0n) is 11.4. The van der Waals surface area contributed by atoms with E-state index in [2.05, 4.69) is 40.5 Å². The minimum atomic E-state index is 0.848. The number of anilines is 2. The monoisotopic (exact) mass is 265 g/mol. The second-order valence-electron chi connectivity index (χ2n) is 4.75. The van der Waals surface area contributed by atoms with Gasteiger partial charge in [-0.1, -0.05) is 6.92 Å². The van der Waals surface area contributed by atoms with E-state index >= 15 is 0 Å². The van der Waals surface area contributed by atoms with Crippen LogP contribution in [-0.2, 0) is 0 Å². The van der Waals surface area contributed by atoms with Crippen LogP contribution in [0.15, 0.2) is 18.3 Å². The molecule has 0 unspecified atom stereocenters. The number of nitrogens with zero attached hydrogens (tertiary/aromatic N) is 2. The van der Waals surface area contributed by atoms with E-state index in [9.17, 15) is 0 Å². The maximum absolute atomic E-state index is 4.36. The number of piperidine rings is 1. The molecule has 100 valence electrons. The van der Waals surface area contributed by atoms with Crippen LogP contribution in [0.4, 0.5) is 11.5 Å². The van der Waals surface area contributed by atoms with Crippen LogP contribution < -0.4 is 10.2 Å². The van der Waals surface area contributed by atoms with Crippen LogP contribution in [0.1, 0.15) is 26.2 Å². The van der Waals surface area contributed by atoms with Crippen molar-refractivity contribution in [1.82, 2.24) is 4.98 Å². The van der Waals surface area contributed by atoms with Gasteiger partial charge in [-0.15, -0.1) is 0 Å². The summed E-state index contributed by atoms with van der Waals surface area (Å²) in [4.78, 5) is 6.84. The highest BCUT2D eigenvalue weighted by atomic mass is 32.2. The SMILES string of the molecule is CCCNc1cc(N2CCC(SC)CC2)ccn1. The van der Waals surface area contributed by atoms with Crippen molar-refractivity contribution in [3.8, 4) is 0 Å². The molecule has 1 aliphatic heterocycles. The van der Waals surface area contributed by atoms with Gasteiger partial charge in [0.25, 0.3) is 0 Å². The average Bonchev–Trinajstić information content (AvgIpc) is 2.45. The predicted molar refractivity (Wildman–Crippen MR) is 81.8 cm³/mol. The molecule has 1 aromatic heterocycles. The summed E-state index contributed by atoms with van der Waals surface area (Å²) >= 11 is 2.01. The lowest BCUT2D eigenvalue weighted by molar-refractivity contribution is 0.591. The molecule has 0 bridgehead atoms. The minimum absolute atomic E-state index is 0.848. The average molecular weight is 265 g/mol. The number of pyridine rings is 1. The third-order valence-corrected chi connectivity index (χ3v) is 4.58. The fraction of sp³-hybridized carbons (Fsp3) is 0.643. The quantitative estimate of drug-likeness (QED) is 0.884. The molecule has 1 saturated heterocycles. The van der Waals surface area contributed by atoms with E-state index in [1.54, 1.807) is 0 Å². The normalized spacial score (nSPS) is 16.9. The molecule has 1 aromatic rings. The Bertz CT molecular complexity index is 362. The first-order valence-corrected chi connectivity index (χ1v) is 8.10. The topological polar surface area (TPSA) is 28.2 Å². The zero-order chi connectivity index (χ0) is 12.8. The van der Waals surface area contributed by atoms with E-state index in [1.807, 2.05) is 18.0 Å². The summed E-state index contributed by atoms with van der Waals surface area (Å²) in [6.45, 7) is 5.50. The van der Waals surface area contributed by atoms with Crippen molar-refractivity contribution in [2.24, 2.45) is 0 Å². The van der Waals surface area contributed by atoms with Gasteiger partial charge in [-0.05, 0) is 31.6 Å². The second-order valence-corrected chi connectivity index (χ2v) is 5.89. The molecule has 0 spiro atoms. The van der Waals surface area contributed by atoms with Crippen LogP contribution in [0.2, 0.25) is 0 Å². The molecule has 0 atom stereocenters. The summed E-state index contributed by atoms with van der Waals surface area (Å²) in [5, 5.41) is 4.20. The van der Waals surface area contributed by atoms with E-state index in [4.69, 9.17) is 0 Å². The summed E-state index contributed by atoms with van der Waals surface area (Å²) in [5.41, 5.74) is 1.31. The number of thioether (sulfide) groups is 1. The maximum Gasteiger partial charge on any atom is 0.127 e. The van der Waals surface area contributed by atoms with Crippen LogP contribution in [0.25, 0.3) is 0 Å². The second kappa shape index (κ2) is 6.88. The Morgan fingerprint density at radius 2 is 2.22 bits per heavy atom. The Morgan fingerprint density at radius 3 is 2.89 bits per heavy atom. The molecule has 0 saturated carbocycles. The van der Waals surface area contributed by atoms with Gasteiger partial charge in [-0.3, -0.25) is 0 Å². The lowest BCUT2D eigenvalue weighted by atomic mass is 10.1. The molecule has 1 aliphatic rings. The van der Waals surface area contributed by atoms with Gasteiger partial charge < -0.3 is 10.2 Å². The lowest BCUT2D eigenvalue weighted by Crippen LogP contribution is -2.34. The molecule has 2 heterocycles. The molecule has 0 radical (unpaired) electrons. The van der Waals surface area contributed by atoms with Crippen molar-refractivity contribution in [2.75, 3.05) is 36.1 Å². The number of hydrogen-bond acceptors (Lipinski definition) is 4. The molecule has 0 aromatic carbocycles. The largest absolute Gasteiger partial charge is 0.371 e. The van der Waals surface area contributed by atoms with Crippen molar-refractivity contribution < 1.29 is 0 Å². The third kappa shape index (κ3) is 3.55. The molecule has 3 nitrogen and oxygen atoms in total. The first-order valence-electron chi connectivity index (χ1n) is 6.81. The van der Waals surface area contributed by atoms with Crippen molar-refractivity contribution in [3.63, 3.8) is 0 Å². The number of nitrogens with one attached hydrogen (secondary N) is 1. The Labute approximate surface area is 114 Å². The summed E-state index contributed by atoms with van der Waals surface area (Å²) in [7, 11) is 0. The van der Waals surface area contributed by atoms with Crippen molar-refractivity contribution in [1.29, 1.82) is 0 Å². The molecule has 0 amide bonds. The van der Waals surface area contributed by atoms with Gasteiger partial charge in [0.15, 0.2) is 0 Å². The van der Waals surface area contributed by atoms with Crippen LogP contribution in [0.3, 0.4) is 0 Å². The Balaban J connectivity index is 1.96. The maximum atomic E-state index is 4.36. The standard InChI is InChI=1S/C14H23N3S/c1-3-7-15-14-11-12(4-8-16-14)17-9-5-13(18-2)6-10-17/h4,8,11,13H,3,5-7,9-10H2,1-2H3,(H,15,16). The Kier molecular flexibility index (Phi) is 5.17. The third-order valence-electron chi connectivity index (χ3n) is 3.44. The van der Waals surface area contributed by atoms with Crippen LogP contribution in [-0.4, -0.2) is 36.1 Å². The Morgan fingerprint density at radius 1 is 1.44 bits per heavy atom. The van der Waals surface area contributed by atoms with Crippen molar-refractivity contribution in [2.45, 2.75) is 31.4 Å². The molecule has 18 heavy (non-hydrogen) atoms. The molecule has 1 fully saturated rings. The van der Waals surface area contributed by atoms with Gasteiger partial charge in [0, 0.05) is 42.8 Å². The highest BCUT2D eigenvalue weighted by Gasteiger charge is 2.18. The zero-order valence-corrected chi connectivity index (χ0v) is 12.2. The smallest absolute Gasteiger partial charge is 0.127 e. The van der Waals surface area contributed by atoms with Gasteiger partial charge in [0.1, 0.15) is 5.82 Å². The van der Waals surface area contributed by atoms with Gasteiger partial charge in [-0.25, -0.2) is 4.98 Å². The minimum Gasteiger partial charge on any atom is -0.371 e. The fourth-order valence-corrected chi connectivity index (χ4v) is 3.00. The van der Waals surface area contributed by atoms with Gasteiger partial charge in [0.05, 0.1) is 0 Å². The first-order chi connectivity index (χ1) is 8.83. The van der Waals surface area contributed by atoms with E-state index in [-0.39, 0.29) is 0 Å². The van der Waals surface area contributed by atoms with Crippen LogP contribution in [0, 0.1) is 0 Å². The summed E-state index contributed by atoms with van der Waals surface area (Å²) < 4.78 is 0. The van der Waals surface area contributed by atoms with E-state index < -0.39 is 0 Å². The number of rotatable bonds is 5.